The normalized spacial score (nSPS) is 10.8. The molecule has 10 heteroatoms. The van der Waals surface area contributed by atoms with Crippen LogP contribution >= 0.6 is 11.3 Å². The fourth-order valence-electron chi connectivity index (χ4n) is 3.00. The lowest BCUT2D eigenvalue weighted by atomic mass is 10.2. The molecule has 0 aliphatic heterocycles. The van der Waals surface area contributed by atoms with Gasteiger partial charge in [-0.3, -0.25) is 9.52 Å². The van der Waals surface area contributed by atoms with Crippen molar-refractivity contribution >= 4 is 56.0 Å². The number of hydrogen-bond acceptors (Lipinski definition) is 5. The summed E-state index contributed by atoms with van der Waals surface area (Å²) in [6, 6.07) is 24.6. The monoisotopic (exact) mass is 492 g/mol. The van der Waals surface area contributed by atoms with E-state index in [1.54, 1.807) is 47.8 Å². The van der Waals surface area contributed by atoms with E-state index in [2.05, 4.69) is 20.7 Å². The van der Waals surface area contributed by atoms with Crippen molar-refractivity contribution < 1.29 is 18.0 Å². The molecule has 3 amide bonds. The summed E-state index contributed by atoms with van der Waals surface area (Å²) in [7, 11) is -3.66. The number of sulfonamides is 1. The zero-order valence-electron chi connectivity index (χ0n) is 17.7. The third-order valence-electron chi connectivity index (χ3n) is 4.57. The Morgan fingerprint density at radius 1 is 0.647 bits per heavy atom. The topological polar surface area (TPSA) is 116 Å². The van der Waals surface area contributed by atoms with Gasteiger partial charge in [0.2, 0.25) is 0 Å². The molecule has 8 nitrogen and oxygen atoms in total. The first-order valence-electron chi connectivity index (χ1n) is 10.1. The lowest BCUT2D eigenvalue weighted by Crippen LogP contribution is -2.19. The number of benzene rings is 3. The number of amides is 3. The van der Waals surface area contributed by atoms with Crippen molar-refractivity contribution in [1.29, 1.82) is 0 Å². The quantitative estimate of drug-likeness (QED) is 0.275. The van der Waals surface area contributed by atoms with Crippen LogP contribution in [-0.4, -0.2) is 20.4 Å². The second-order valence-electron chi connectivity index (χ2n) is 7.10. The van der Waals surface area contributed by atoms with Crippen LogP contribution in [0.2, 0.25) is 0 Å². The lowest BCUT2D eigenvalue weighted by molar-refractivity contribution is 0.102. The molecule has 0 aliphatic carbocycles. The minimum Gasteiger partial charge on any atom is -0.322 e. The van der Waals surface area contributed by atoms with Crippen molar-refractivity contribution in [2.45, 2.75) is 4.21 Å². The third kappa shape index (κ3) is 6.00. The van der Waals surface area contributed by atoms with Crippen molar-refractivity contribution in [2.75, 3.05) is 20.7 Å². The van der Waals surface area contributed by atoms with E-state index in [1.165, 1.54) is 30.3 Å². The van der Waals surface area contributed by atoms with Crippen LogP contribution < -0.4 is 20.7 Å². The highest BCUT2D eigenvalue weighted by atomic mass is 32.2. The molecule has 0 saturated heterocycles. The molecule has 0 unspecified atom stereocenters. The van der Waals surface area contributed by atoms with Crippen LogP contribution in [0.4, 0.5) is 27.5 Å². The molecule has 0 spiro atoms. The van der Waals surface area contributed by atoms with Crippen molar-refractivity contribution in [1.82, 2.24) is 0 Å². The minimum atomic E-state index is -3.66. The maximum absolute atomic E-state index is 12.6. The number of thiophene rings is 1. The first kappa shape index (κ1) is 23.0. The highest BCUT2D eigenvalue weighted by Crippen LogP contribution is 2.21. The Kier molecular flexibility index (Phi) is 6.90. The molecule has 4 rings (SSSR count). The van der Waals surface area contributed by atoms with E-state index >= 15 is 0 Å². The summed E-state index contributed by atoms with van der Waals surface area (Å²) in [5.74, 6) is -0.376. The number of nitrogens with one attached hydrogen (secondary N) is 4. The van der Waals surface area contributed by atoms with Gasteiger partial charge in [0.15, 0.2) is 0 Å². The van der Waals surface area contributed by atoms with Crippen LogP contribution in [0, 0.1) is 0 Å². The summed E-state index contributed by atoms with van der Waals surface area (Å²) < 4.78 is 27.3. The summed E-state index contributed by atoms with van der Waals surface area (Å²) in [4.78, 5) is 24.8. The highest BCUT2D eigenvalue weighted by molar-refractivity contribution is 7.94. The molecule has 4 N–H and O–H groups in total. The average Bonchev–Trinajstić information content (AvgIpc) is 3.36. The van der Waals surface area contributed by atoms with Crippen molar-refractivity contribution in [3.05, 3.63) is 102 Å². The van der Waals surface area contributed by atoms with Crippen LogP contribution in [0.5, 0.6) is 0 Å². The molecule has 0 saturated carbocycles. The summed E-state index contributed by atoms with van der Waals surface area (Å²) >= 11 is 1.12. The lowest BCUT2D eigenvalue weighted by Gasteiger charge is -2.10. The van der Waals surface area contributed by atoms with Gasteiger partial charge >= 0.3 is 6.03 Å². The van der Waals surface area contributed by atoms with E-state index in [-0.39, 0.29) is 10.1 Å². The van der Waals surface area contributed by atoms with Gasteiger partial charge in [-0.1, -0.05) is 30.3 Å². The second kappa shape index (κ2) is 10.2. The fourth-order valence-corrected chi connectivity index (χ4v) is 5.06. The first-order valence-corrected chi connectivity index (χ1v) is 12.5. The Hall–Kier alpha value is -4.15. The largest absolute Gasteiger partial charge is 0.323 e. The predicted octanol–water partition coefficient (Wildman–Crippen LogP) is 5.45. The molecule has 3 aromatic carbocycles. The smallest absolute Gasteiger partial charge is 0.322 e. The Bertz CT molecular complexity index is 1390. The summed E-state index contributed by atoms with van der Waals surface area (Å²) in [6.45, 7) is 0. The van der Waals surface area contributed by atoms with Gasteiger partial charge in [0.25, 0.3) is 15.9 Å². The minimum absolute atomic E-state index is 0.209. The van der Waals surface area contributed by atoms with Crippen molar-refractivity contribution in [2.24, 2.45) is 0 Å². The van der Waals surface area contributed by atoms with Crippen LogP contribution in [0.15, 0.2) is 101 Å². The maximum atomic E-state index is 12.6. The number of anilines is 4. The molecule has 34 heavy (non-hydrogen) atoms. The summed E-state index contributed by atoms with van der Waals surface area (Å²) in [5.41, 5.74) is 2.35. The molecule has 0 bridgehead atoms. The Morgan fingerprint density at radius 2 is 1.29 bits per heavy atom. The molecular weight excluding hydrogens is 472 g/mol. The molecular formula is C24H20N4O4S2. The van der Waals surface area contributed by atoms with Crippen LogP contribution in [0.1, 0.15) is 10.4 Å². The van der Waals surface area contributed by atoms with E-state index in [9.17, 15) is 18.0 Å². The molecule has 1 aromatic heterocycles. The van der Waals surface area contributed by atoms with Gasteiger partial charge in [0.05, 0.1) is 0 Å². The third-order valence-corrected chi connectivity index (χ3v) is 7.35. The summed E-state index contributed by atoms with van der Waals surface area (Å²) in [5, 5.41) is 9.89. The van der Waals surface area contributed by atoms with Gasteiger partial charge in [0, 0.05) is 28.3 Å². The van der Waals surface area contributed by atoms with Gasteiger partial charge in [-0.25, -0.2) is 13.2 Å². The zero-order valence-corrected chi connectivity index (χ0v) is 19.3. The number of hydrogen-bond donors (Lipinski definition) is 4. The molecule has 0 atom stereocenters. The Balaban J connectivity index is 1.36. The van der Waals surface area contributed by atoms with Crippen LogP contribution in [-0.2, 0) is 10.0 Å². The van der Waals surface area contributed by atoms with Crippen LogP contribution in [0.25, 0.3) is 0 Å². The maximum Gasteiger partial charge on any atom is 0.323 e. The van der Waals surface area contributed by atoms with E-state index in [0.29, 0.717) is 28.3 Å². The molecule has 0 radical (unpaired) electrons. The Morgan fingerprint density at radius 3 is 1.97 bits per heavy atom. The number of carbonyl (C=O) groups is 2. The van der Waals surface area contributed by atoms with Gasteiger partial charge in [-0.15, -0.1) is 11.3 Å². The molecule has 4 aromatic rings. The van der Waals surface area contributed by atoms with E-state index < -0.39 is 16.1 Å². The van der Waals surface area contributed by atoms with Crippen molar-refractivity contribution in [3.8, 4) is 0 Å². The van der Waals surface area contributed by atoms with Gasteiger partial charge in [-0.05, 0) is 66.0 Å². The fraction of sp³-hybridized carbons (Fsp3) is 0. The van der Waals surface area contributed by atoms with Gasteiger partial charge in [-0.2, -0.15) is 0 Å². The highest BCUT2D eigenvalue weighted by Gasteiger charge is 2.15. The number of carbonyl (C=O) groups excluding carboxylic acids is 2. The summed E-state index contributed by atoms with van der Waals surface area (Å²) in [6.07, 6.45) is 0. The standard InChI is InChI=1S/C24H20N4O4S2/c29-23(17-11-13-19(14-12-17)28-34(31,32)22-10-5-15-33-22)25-20-8-4-9-21(16-20)27-24(30)26-18-6-2-1-3-7-18/h1-16,28H,(H,25,29)(H2,26,27,30). The molecule has 0 aliphatic rings. The average molecular weight is 493 g/mol. The molecule has 172 valence electrons. The van der Waals surface area contributed by atoms with E-state index in [1.807, 2.05) is 18.2 Å². The number of urea groups is 1. The van der Waals surface area contributed by atoms with Gasteiger partial charge in [0.1, 0.15) is 4.21 Å². The molecule has 1 heterocycles. The predicted molar refractivity (Wildman–Crippen MR) is 135 cm³/mol. The second-order valence-corrected chi connectivity index (χ2v) is 9.95. The number of rotatable bonds is 7. The first-order chi connectivity index (χ1) is 16.4. The van der Waals surface area contributed by atoms with Crippen LogP contribution in [0.3, 0.4) is 0 Å². The SMILES string of the molecule is O=C(Nc1ccccc1)Nc1cccc(NC(=O)c2ccc(NS(=O)(=O)c3cccs3)cc2)c1. The number of para-hydroxylation sites is 1. The zero-order chi connectivity index (χ0) is 24.0. The van der Waals surface area contributed by atoms with E-state index in [4.69, 9.17) is 0 Å². The van der Waals surface area contributed by atoms with E-state index in [0.717, 1.165) is 11.3 Å². The van der Waals surface area contributed by atoms with Crippen molar-refractivity contribution in [3.63, 3.8) is 0 Å². The molecule has 0 fully saturated rings. The Labute approximate surface area is 200 Å². The van der Waals surface area contributed by atoms with Gasteiger partial charge < -0.3 is 16.0 Å².